The second kappa shape index (κ2) is 6.26. The average Bonchev–Trinajstić information content (AvgIpc) is 2.17. The molecule has 1 fully saturated rings. The van der Waals surface area contributed by atoms with Crippen molar-refractivity contribution in [2.24, 2.45) is 5.92 Å². The van der Waals surface area contributed by atoms with Crippen molar-refractivity contribution in [1.29, 1.82) is 0 Å². The zero-order valence-corrected chi connectivity index (χ0v) is 10.7. The maximum atomic E-state index is 11.0. The highest BCUT2D eigenvalue weighted by Crippen LogP contribution is 2.45. The monoisotopic (exact) mass is 273 g/mol. The van der Waals surface area contributed by atoms with E-state index in [1.54, 1.807) is 0 Å². The standard InChI is InChI=1S/C7H17NO6P2/c9-7(15(10)11,14-16(12)13)4-6-2-1-3-8-5-6/h6,8-9,15-16H,1-5H2,(H,10,11)(H,12,13). The van der Waals surface area contributed by atoms with Gasteiger partial charge in [-0.05, 0) is 31.8 Å². The van der Waals surface area contributed by atoms with Crippen LogP contribution in [-0.4, -0.2) is 33.5 Å². The van der Waals surface area contributed by atoms with Gasteiger partial charge in [0, 0.05) is 6.42 Å². The van der Waals surface area contributed by atoms with Crippen LogP contribution in [0.15, 0.2) is 0 Å². The molecule has 9 heteroatoms. The Morgan fingerprint density at radius 1 is 1.44 bits per heavy atom. The minimum Gasteiger partial charge on any atom is -0.358 e. The lowest BCUT2D eigenvalue weighted by atomic mass is 9.96. The summed E-state index contributed by atoms with van der Waals surface area (Å²) >= 11 is 0. The summed E-state index contributed by atoms with van der Waals surface area (Å²) in [5.41, 5.74) is -2.38. The molecule has 1 heterocycles. The fraction of sp³-hybridized carbons (Fsp3) is 1.00. The largest absolute Gasteiger partial charge is 0.358 e. The second-order valence-electron chi connectivity index (χ2n) is 3.87. The Kier molecular flexibility index (Phi) is 5.61. The van der Waals surface area contributed by atoms with Crippen LogP contribution < -0.4 is 5.32 Å². The van der Waals surface area contributed by atoms with E-state index in [1.807, 2.05) is 0 Å². The lowest BCUT2D eigenvalue weighted by Gasteiger charge is -2.30. The smallest absolute Gasteiger partial charge is 0.319 e. The number of hydrogen-bond donors (Lipinski definition) is 4. The Hall–Kier alpha value is 0.260. The van der Waals surface area contributed by atoms with Gasteiger partial charge in [-0.15, -0.1) is 0 Å². The Labute approximate surface area is 94.6 Å². The minimum absolute atomic E-state index is 0.0267. The van der Waals surface area contributed by atoms with Crippen LogP contribution in [0.3, 0.4) is 0 Å². The van der Waals surface area contributed by atoms with Crippen molar-refractivity contribution >= 4 is 16.3 Å². The lowest BCUT2D eigenvalue weighted by molar-refractivity contribution is -0.0855. The number of aliphatic hydroxyl groups is 1. The van der Waals surface area contributed by atoms with Gasteiger partial charge >= 0.3 is 8.25 Å². The first kappa shape index (κ1) is 14.3. The molecule has 0 aromatic rings. The van der Waals surface area contributed by atoms with Gasteiger partial charge in [-0.25, -0.2) is 0 Å². The van der Waals surface area contributed by atoms with Crippen LogP contribution in [0.1, 0.15) is 19.3 Å². The Morgan fingerprint density at radius 2 is 2.12 bits per heavy atom. The first-order valence-corrected chi connectivity index (χ1v) is 7.64. The molecular weight excluding hydrogens is 256 g/mol. The highest BCUT2D eigenvalue weighted by molar-refractivity contribution is 7.41. The summed E-state index contributed by atoms with van der Waals surface area (Å²) in [6, 6.07) is 0. The van der Waals surface area contributed by atoms with Crippen LogP contribution in [0, 0.1) is 5.92 Å². The van der Waals surface area contributed by atoms with Gasteiger partial charge in [-0.2, -0.15) is 0 Å². The molecule has 1 aliphatic heterocycles. The lowest BCUT2D eigenvalue weighted by Crippen LogP contribution is -2.36. The van der Waals surface area contributed by atoms with E-state index in [4.69, 9.17) is 9.79 Å². The Morgan fingerprint density at radius 3 is 2.56 bits per heavy atom. The van der Waals surface area contributed by atoms with Crippen molar-refractivity contribution in [1.82, 2.24) is 5.32 Å². The SMILES string of the molecule is O=[PH](O)OC(O)(CC1CCCNC1)[PH](=O)O. The van der Waals surface area contributed by atoms with Crippen molar-refractivity contribution in [3.05, 3.63) is 0 Å². The molecule has 1 rings (SSSR count). The third-order valence-corrected chi connectivity index (χ3v) is 4.25. The summed E-state index contributed by atoms with van der Waals surface area (Å²) < 4.78 is 25.8. The third-order valence-electron chi connectivity index (χ3n) is 2.55. The molecule has 0 aliphatic carbocycles. The summed E-state index contributed by atoms with van der Waals surface area (Å²) in [4.78, 5) is 17.5. The van der Waals surface area contributed by atoms with Gasteiger partial charge < -0.3 is 20.2 Å². The zero-order valence-electron chi connectivity index (χ0n) is 8.68. The number of piperidine rings is 1. The molecule has 0 bridgehead atoms. The van der Waals surface area contributed by atoms with Crippen molar-refractivity contribution in [2.45, 2.75) is 24.8 Å². The van der Waals surface area contributed by atoms with Crippen molar-refractivity contribution in [2.75, 3.05) is 13.1 Å². The maximum absolute atomic E-state index is 11.0. The number of nitrogens with one attached hydrogen (secondary N) is 1. The molecule has 1 saturated heterocycles. The summed E-state index contributed by atoms with van der Waals surface area (Å²) in [6.45, 7) is 1.48. The van der Waals surface area contributed by atoms with Crippen LogP contribution in [-0.2, 0) is 13.7 Å². The highest BCUT2D eigenvalue weighted by Gasteiger charge is 2.39. The van der Waals surface area contributed by atoms with Crippen molar-refractivity contribution in [3.8, 4) is 0 Å². The fourth-order valence-electron chi connectivity index (χ4n) is 1.81. The van der Waals surface area contributed by atoms with Gasteiger partial charge in [0.1, 0.15) is 0 Å². The molecule has 96 valence electrons. The predicted molar refractivity (Wildman–Crippen MR) is 58.7 cm³/mol. The van der Waals surface area contributed by atoms with E-state index >= 15 is 0 Å². The second-order valence-corrected chi connectivity index (χ2v) is 6.00. The van der Waals surface area contributed by atoms with E-state index in [9.17, 15) is 14.2 Å². The molecule has 4 atom stereocenters. The molecule has 0 aromatic carbocycles. The number of rotatable bonds is 5. The molecule has 16 heavy (non-hydrogen) atoms. The predicted octanol–water partition coefficient (Wildman–Crippen LogP) is -0.112. The van der Waals surface area contributed by atoms with E-state index in [2.05, 4.69) is 9.84 Å². The van der Waals surface area contributed by atoms with Crippen LogP contribution in [0.2, 0.25) is 0 Å². The van der Waals surface area contributed by atoms with E-state index in [0.717, 1.165) is 19.4 Å². The average molecular weight is 273 g/mol. The summed E-state index contributed by atoms with van der Waals surface area (Å²) in [5, 5.41) is 12.8. The van der Waals surface area contributed by atoms with Gasteiger partial charge in [0.05, 0.1) is 0 Å². The molecule has 0 spiro atoms. The van der Waals surface area contributed by atoms with Gasteiger partial charge in [0.2, 0.25) is 13.6 Å². The highest BCUT2D eigenvalue weighted by atomic mass is 31.1. The Bertz CT molecular complexity index is 282. The van der Waals surface area contributed by atoms with Crippen LogP contribution in [0.25, 0.3) is 0 Å². The summed E-state index contributed by atoms with van der Waals surface area (Å²) in [6.07, 6.45) is 1.59. The van der Waals surface area contributed by atoms with Crippen LogP contribution >= 0.6 is 16.3 Å². The number of hydrogen-bond acceptors (Lipinski definition) is 5. The van der Waals surface area contributed by atoms with Gasteiger partial charge in [-0.3, -0.25) is 13.7 Å². The van der Waals surface area contributed by atoms with E-state index < -0.39 is 21.8 Å². The topological polar surface area (TPSA) is 116 Å². The van der Waals surface area contributed by atoms with Gasteiger partial charge in [0.15, 0.2) is 0 Å². The van der Waals surface area contributed by atoms with Gasteiger partial charge in [0.25, 0.3) is 0 Å². The van der Waals surface area contributed by atoms with Crippen LogP contribution in [0.5, 0.6) is 0 Å². The minimum atomic E-state index is -3.44. The van der Waals surface area contributed by atoms with E-state index in [1.165, 1.54) is 0 Å². The zero-order chi connectivity index (χ0) is 12.2. The van der Waals surface area contributed by atoms with Crippen molar-refractivity contribution in [3.63, 3.8) is 0 Å². The quantitative estimate of drug-likeness (QED) is 0.408. The molecule has 0 amide bonds. The molecule has 4 N–H and O–H groups in total. The first-order valence-electron chi connectivity index (χ1n) is 5.02. The normalized spacial score (nSPS) is 29.3. The fourth-order valence-corrected chi connectivity index (χ4v) is 3.25. The van der Waals surface area contributed by atoms with Crippen molar-refractivity contribution < 1.29 is 28.5 Å². The molecule has 4 unspecified atom stereocenters. The molecule has 0 saturated carbocycles. The van der Waals surface area contributed by atoms with Crippen LogP contribution in [0.4, 0.5) is 0 Å². The maximum Gasteiger partial charge on any atom is 0.319 e. The third kappa shape index (κ3) is 4.26. The van der Waals surface area contributed by atoms with E-state index in [-0.39, 0.29) is 12.3 Å². The Balaban J connectivity index is 2.62. The summed E-state index contributed by atoms with van der Waals surface area (Å²) in [5.74, 6) is -0.0267. The molecule has 0 aromatic heterocycles. The molecule has 7 nitrogen and oxygen atoms in total. The first-order chi connectivity index (χ1) is 7.44. The molecule has 0 radical (unpaired) electrons. The molecule has 1 aliphatic rings. The van der Waals surface area contributed by atoms with Gasteiger partial charge in [-0.1, -0.05) is 0 Å². The summed E-state index contributed by atoms with van der Waals surface area (Å²) in [7, 11) is -6.88. The van der Waals surface area contributed by atoms with E-state index in [0.29, 0.717) is 6.54 Å². The molecular formula is C7H17NO6P2.